The number of fused-ring (bicyclic) bond motifs is 1. The zero-order valence-electron chi connectivity index (χ0n) is 22.2. The predicted octanol–water partition coefficient (Wildman–Crippen LogP) is 4.58. The van der Waals surface area contributed by atoms with Gasteiger partial charge in [-0.1, -0.05) is 18.2 Å². The van der Waals surface area contributed by atoms with Crippen molar-refractivity contribution in [3.63, 3.8) is 0 Å². The van der Waals surface area contributed by atoms with E-state index in [0.29, 0.717) is 17.1 Å². The Morgan fingerprint density at radius 3 is 2.51 bits per heavy atom. The number of sulfone groups is 1. The summed E-state index contributed by atoms with van der Waals surface area (Å²) in [6.45, 7) is 3.78. The summed E-state index contributed by atoms with van der Waals surface area (Å²) in [5.41, 5.74) is 3.49. The lowest BCUT2D eigenvalue weighted by molar-refractivity contribution is 0.250. The molecule has 1 aliphatic carbocycles. The van der Waals surface area contributed by atoms with Crippen molar-refractivity contribution in [2.75, 3.05) is 11.1 Å². The minimum absolute atomic E-state index is 0.0150. The average molecular weight is 546 g/mol. The van der Waals surface area contributed by atoms with Crippen molar-refractivity contribution in [2.45, 2.75) is 56.5 Å². The highest BCUT2D eigenvalue weighted by atomic mass is 32.2. The molecule has 5 rings (SSSR count). The monoisotopic (exact) mass is 545 g/mol. The van der Waals surface area contributed by atoms with Crippen LogP contribution in [0.3, 0.4) is 0 Å². The first-order valence-corrected chi connectivity index (χ1v) is 14.6. The second-order valence-electron chi connectivity index (χ2n) is 10.2. The smallest absolute Gasteiger partial charge is 0.319 e. The van der Waals surface area contributed by atoms with Crippen LogP contribution in [0.5, 0.6) is 0 Å². The average Bonchev–Trinajstić information content (AvgIpc) is 3.42. The van der Waals surface area contributed by atoms with Crippen molar-refractivity contribution in [1.82, 2.24) is 24.6 Å². The summed E-state index contributed by atoms with van der Waals surface area (Å²) in [4.78, 5) is 12.3. The standard InChI is InChI=1S/C28H31N7O3S/c1-18(2)31-28(36)32-20-9-7-19(8-10-20)27-24(16-29)23-12-11-22(15-25(23)35(27)21-5-4-6-21)39(37,38)14-13-26-33-30-17-34(26)3/h7-12,15,17-18,21H,4-6,13-14H2,1-3H3,(H2,31,32,36). The van der Waals surface area contributed by atoms with Gasteiger partial charge in [0.05, 0.1) is 27.4 Å². The number of carbonyl (C=O) groups is 1. The van der Waals surface area contributed by atoms with Crippen molar-refractivity contribution in [3.05, 3.63) is 60.2 Å². The first-order chi connectivity index (χ1) is 18.7. The Morgan fingerprint density at radius 2 is 1.92 bits per heavy atom. The molecule has 10 nitrogen and oxygen atoms in total. The van der Waals surface area contributed by atoms with E-state index >= 15 is 0 Å². The highest BCUT2D eigenvalue weighted by Crippen LogP contribution is 2.43. The van der Waals surface area contributed by atoms with Crippen LogP contribution in [0.4, 0.5) is 10.5 Å². The number of nitriles is 1. The lowest BCUT2D eigenvalue weighted by Crippen LogP contribution is -2.34. The van der Waals surface area contributed by atoms with E-state index in [-0.39, 0.29) is 35.2 Å². The third kappa shape index (κ3) is 5.25. The molecule has 2 amide bonds. The number of hydrogen-bond acceptors (Lipinski definition) is 6. The Balaban J connectivity index is 1.53. The molecule has 2 N–H and O–H groups in total. The van der Waals surface area contributed by atoms with E-state index in [1.54, 1.807) is 36.1 Å². The molecule has 2 aromatic heterocycles. The highest BCUT2D eigenvalue weighted by Gasteiger charge is 2.29. The fraction of sp³-hybridized carbons (Fsp3) is 0.357. The molecule has 0 radical (unpaired) electrons. The number of anilines is 1. The number of rotatable bonds is 8. The number of nitrogens with one attached hydrogen (secondary N) is 2. The van der Waals surface area contributed by atoms with E-state index in [2.05, 4.69) is 31.5 Å². The van der Waals surface area contributed by atoms with Crippen LogP contribution in [0.1, 0.15) is 50.5 Å². The molecule has 1 aliphatic rings. The van der Waals surface area contributed by atoms with E-state index in [9.17, 15) is 18.5 Å². The summed E-state index contributed by atoms with van der Waals surface area (Å²) >= 11 is 0. The zero-order chi connectivity index (χ0) is 27.7. The van der Waals surface area contributed by atoms with Crippen LogP contribution < -0.4 is 10.6 Å². The van der Waals surface area contributed by atoms with Gasteiger partial charge in [-0.05, 0) is 62.9 Å². The van der Waals surface area contributed by atoms with Crippen LogP contribution in [0.2, 0.25) is 0 Å². The van der Waals surface area contributed by atoms with Gasteiger partial charge in [0.25, 0.3) is 0 Å². The molecule has 2 heterocycles. The largest absolute Gasteiger partial charge is 0.336 e. The molecule has 1 saturated carbocycles. The van der Waals surface area contributed by atoms with Crippen LogP contribution >= 0.6 is 0 Å². The maximum absolute atomic E-state index is 13.3. The topological polar surface area (TPSA) is 135 Å². The number of aromatic nitrogens is 4. The number of nitrogens with zero attached hydrogens (tertiary/aromatic N) is 5. The van der Waals surface area contributed by atoms with Gasteiger partial charge >= 0.3 is 6.03 Å². The van der Waals surface area contributed by atoms with E-state index in [1.807, 2.05) is 38.1 Å². The molecular formula is C28H31N7O3S. The van der Waals surface area contributed by atoms with Crippen molar-refractivity contribution in [1.29, 1.82) is 5.26 Å². The summed E-state index contributed by atoms with van der Waals surface area (Å²) in [6.07, 6.45) is 4.80. The Labute approximate surface area is 227 Å². The lowest BCUT2D eigenvalue weighted by atomic mass is 9.92. The van der Waals surface area contributed by atoms with Crippen molar-refractivity contribution in [3.8, 4) is 17.3 Å². The quantitative estimate of drug-likeness (QED) is 0.333. The van der Waals surface area contributed by atoms with Crippen LogP contribution in [-0.2, 0) is 23.3 Å². The van der Waals surface area contributed by atoms with Gasteiger partial charge in [-0.2, -0.15) is 5.26 Å². The molecule has 39 heavy (non-hydrogen) atoms. The predicted molar refractivity (Wildman–Crippen MR) is 149 cm³/mol. The molecule has 202 valence electrons. The summed E-state index contributed by atoms with van der Waals surface area (Å²) in [7, 11) is -1.81. The minimum Gasteiger partial charge on any atom is -0.336 e. The number of benzene rings is 2. The number of aryl methyl sites for hydroxylation is 2. The Morgan fingerprint density at radius 1 is 1.18 bits per heavy atom. The SMILES string of the molecule is CC(C)NC(=O)Nc1ccc(-c2c(C#N)c3ccc(S(=O)(=O)CCc4nncn4C)cc3n2C2CCC2)cc1. The van der Waals surface area contributed by atoms with Crippen LogP contribution in [0, 0.1) is 11.3 Å². The molecular weight excluding hydrogens is 514 g/mol. The van der Waals surface area contributed by atoms with Gasteiger partial charge in [0.1, 0.15) is 18.2 Å². The maximum atomic E-state index is 13.3. The van der Waals surface area contributed by atoms with Crippen LogP contribution in [-0.4, -0.2) is 45.6 Å². The Hall–Kier alpha value is -4.17. The number of urea groups is 1. The van der Waals surface area contributed by atoms with E-state index < -0.39 is 9.84 Å². The maximum Gasteiger partial charge on any atom is 0.319 e. The summed E-state index contributed by atoms with van der Waals surface area (Å²) in [6, 6.07) is 14.7. The molecule has 0 unspecified atom stereocenters. The first kappa shape index (κ1) is 26.4. The Kier molecular flexibility index (Phi) is 7.14. The van der Waals surface area contributed by atoms with Crippen LogP contribution in [0.15, 0.2) is 53.7 Å². The molecule has 11 heteroatoms. The summed E-state index contributed by atoms with van der Waals surface area (Å²) in [5.74, 6) is 0.512. The van der Waals surface area contributed by atoms with Gasteiger partial charge in [0.2, 0.25) is 0 Å². The van der Waals surface area contributed by atoms with Gasteiger partial charge in [-0.3, -0.25) is 0 Å². The molecule has 1 fully saturated rings. The first-order valence-electron chi connectivity index (χ1n) is 13.0. The Bertz CT molecular complexity index is 1670. The van der Waals surface area contributed by atoms with E-state index in [0.717, 1.165) is 41.4 Å². The minimum atomic E-state index is -3.60. The molecule has 4 aromatic rings. The molecule has 0 saturated heterocycles. The molecule has 0 bridgehead atoms. The normalized spacial score (nSPS) is 13.8. The molecule has 0 spiro atoms. The zero-order valence-corrected chi connectivity index (χ0v) is 23.0. The second kappa shape index (κ2) is 10.5. The van der Waals surface area contributed by atoms with Crippen LogP contribution in [0.25, 0.3) is 22.2 Å². The van der Waals surface area contributed by atoms with Gasteiger partial charge < -0.3 is 19.8 Å². The second-order valence-corrected chi connectivity index (χ2v) is 12.3. The van der Waals surface area contributed by atoms with E-state index in [4.69, 9.17) is 0 Å². The molecule has 2 aromatic carbocycles. The van der Waals surface area contributed by atoms with Gasteiger partial charge in [0, 0.05) is 36.6 Å². The van der Waals surface area contributed by atoms with Crippen molar-refractivity contribution in [2.24, 2.45) is 7.05 Å². The number of amides is 2. The van der Waals surface area contributed by atoms with Crippen molar-refractivity contribution < 1.29 is 13.2 Å². The van der Waals surface area contributed by atoms with Crippen molar-refractivity contribution >= 4 is 32.5 Å². The third-order valence-electron chi connectivity index (χ3n) is 7.12. The summed E-state index contributed by atoms with van der Waals surface area (Å²) < 4.78 is 30.4. The molecule has 0 aliphatic heterocycles. The number of carbonyl (C=O) groups excluding carboxylic acids is 1. The molecule has 0 atom stereocenters. The summed E-state index contributed by atoms with van der Waals surface area (Å²) in [5, 5.41) is 24.4. The van der Waals surface area contributed by atoms with Gasteiger partial charge in [0.15, 0.2) is 9.84 Å². The van der Waals surface area contributed by atoms with Gasteiger partial charge in [-0.25, -0.2) is 13.2 Å². The van der Waals surface area contributed by atoms with Gasteiger partial charge in [-0.15, -0.1) is 10.2 Å². The lowest BCUT2D eigenvalue weighted by Gasteiger charge is -2.30. The highest BCUT2D eigenvalue weighted by molar-refractivity contribution is 7.91. The number of hydrogen-bond donors (Lipinski definition) is 2. The fourth-order valence-corrected chi connectivity index (χ4v) is 6.18. The van der Waals surface area contributed by atoms with E-state index in [1.165, 1.54) is 0 Å². The fourth-order valence-electron chi connectivity index (χ4n) is 4.92. The third-order valence-corrected chi connectivity index (χ3v) is 8.84.